The molecule has 2 N–H and O–H groups in total. The molecule has 2 aromatic rings. The van der Waals surface area contributed by atoms with E-state index in [2.05, 4.69) is 4.72 Å². The zero-order valence-corrected chi connectivity index (χ0v) is 11.9. The monoisotopic (exact) mass is 328 g/mol. The van der Waals surface area contributed by atoms with Crippen LogP contribution in [0.2, 0.25) is 5.02 Å². The van der Waals surface area contributed by atoms with Crippen LogP contribution in [0.5, 0.6) is 5.75 Å². The number of nitrogens with one attached hydrogen (secondary N) is 1. The van der Waals surface area contributed by atoms with Crippen LogP contribution < -0.4 is 4.72 Å². The lowest BCUT2D eigenvalue weighted by Crippen LogP contribution is -2.14. The van der Waals surface area contributed by atoms with Crippen LogP contribution >= 0.6 is 11.6 Å². The zero-order chi connectivity index (χ0) is 15.6. The number of sulfonamides is 1. The van der Waals surface area contributed by atoms with E-state index in [0.29, 0.717) is 0 Å². The maximum Gasteiger partial charge on any atom is 0.289 e. The maximum atomic E-state index is 12.2. The summed E-state index contributed by atoms with van der Waals surface area (Å²) in [7, 11) is -4.24. The fraction of sp³-hybridized carbons (Fsp3) is 0. The van der Waals surface area contributed by atoms with Crippen molar-refractivity contribution >= 4 is 33.0 Å². The van der Waals surface area contributed by atoms with E-state index in [1.54, 1.807) is 0 Å². The van der Waals surface area contributed by atoms with E-state index in [9.17, 15) is 23.6 Å². The Kier molecular flexibility index (Phi) is 4.01. The zero-order valence-electron chi connectivity index (χ0n) is 10.4. The van der Waals surface area contributed by atoms with Crippen molar-refractivity contribution < 1.29 is 18.4 Å². The molecule has 21 heavy (non-hydrogen) atoms. The molecule has 0 saturated heterocycles. The SMILES string of the molecule is O=[N+]([O-])c1ccccc1S(=O)(=O)Nc1cccc(Cl)c1O. The van der Waals surface area contributed by atoms with Gasteiger partial charge in [-0.15, -0.1) is 0 Å². The Morgan fingerprint density at radius 2 is 1.81 bits per heavy atom. The maximum absolute atomic E-state index is 12.2. The number of para-hydroxylation sites is 2. The second kappa shape index (κ2) is 5.58. The minimum Gasteiger partial charge on any atom is -0.504 e. The molecule has 0 radical (unpaired) electrons. The molecule has 0 bridgehead atoms. The number of phenols is 1. The fourth-order valence-corrected chi connectivity index (χ4v) is 3.05. The van der Waals surface area contributed by atoms with Gasteiger partial charge in [-0.05, 0) is 18.2 Å². The van der Waals surface area contributed by atoms with Crippen LogP contribution in [-0.2, 0) is 10.0 Å². The summed E-state index contributed by atoms with van der Waals surface area (Å²) in [5.41, 5.74) is -0.729. The summed E-state index contributed by atoms with van der Waals surface area (Å²) >= 11 is 5.68. The lowest BCUT2D eigenvalue weighted by atomic mass is 10.3. The molecule has 0 aromatic heterocycles. The summed E-state index contributed by atoms with van der Waals surface area (Å²) in [5, 5.41) is 20.5. The van der Waals surface area contributed by atoms with Gasteiger partial charge in [-0.2, -0.15) is 0 Å². The van der Waals surface area contributed by atoms with Crippen LogP contribution in [0.15, 0.2) is 47.4 Å². The Hall–Kier alpha value is -2.32. The van der Waals surface area contributed by atoms with E-state index >= 15 is 0 Å². The highest BCUT2D eigenvalue weighted by Gasteiger charge is 2.26. The van der Waals surface area contributed by atoms with E-state index in [-0.39, 0.29) is 10.7 Å². The molecule has 2 aromatic carbocycles. The lowest BCUT2D eigenvalue weighted by molar-refractivity contribution is -0.387. The smallest absolute Gasteiger partial charge is 0.289 e. The summed E-state index contributed by atoms with van der Waals surface area (Å²) in [6.45, 7) is 0. The van der Waals surface area contributed by atoms with Crippen molar-refractivity contribution in [1.29, 1.82) is 0 Å². The quantitative estimate of drug-likeness (QED) is 0.509. The second-order valence-electron chi connectivity index (χ2n) is 3.97. The molecule has 0 atom stereocenters. The van der Waals surface area contributed by atoms with Gasteiger partial charge in [0.1, 0.15) is 0 Å². The van der Waals surface area contributed by atoms with Crippen molar-refractivity contribution in [3.05, 3.63) is 57.6 Å². The van der Waals surface area contributed by atoms with Crippen molar-refractivity contribution in [1.82, 2.24) is 0 Å². The summed E-state index contributed by atoms with van der Waals surface area (Å²) in [6, 6.07) is 8.98. The lowest BCUT2D eigenvalue weighted by Gasteiger charge is -2.10. The van der Waals surface area contributed by atoms with Gasteiger partial charge in [0, 0.05) is 6.07 Å². The number of nitrogens with zero attached hydrogens (tertiary/aromatic N) is 1. The van der Waals surface area contributed by atoms with Gasteiger partial charge < -0.3 is 5.11 Å². The number of rotatable bonds is 4. The molecule has 9 heteroatoms. The molecular formula is C12H9ClN2O5S. The van der Waals surface area contributed by atoms with Crippen LogP contribution in [0.1, 0.15) is 0 Å². The number of benzene rings is 2. The average Bonchev–Trinajstić information content (AvgIpc) is 2.44. The molecular weight excluding hydrogens is 320 g/mol. The molecule has 0 amide bonds. The van der Waals surface area contributed by atoms with Crippen molar-refractivity contribution in [2.24, 2.45) is 0 Å². The molecule has 0 spiro atoms. The van der Waals surface area contributed by atoms with Gasteiger partial charge in [0.25, 0.3) is 15.7 Å². The highest BCUT2D eigenvalue weighted by molar-refractivity contribution is 7.92. The number of halogens is 1. The Balaban J connectivity index is 2.49. The van der Waals surface area contributed by atoms with Crippen molar-refractivity contribution in [3.8, 4) is 5.75 Å². The van der Waals surface area contributed by atoms with Gasteiger partial charge in [-0.1, -0.05) is 29.8 Å². The van der Waals surface area contributed by atoms with Gasteiger partial charge in [-0.25, -0.2) is 8.42 Å². The fourth-order valence-electron chi connectivity index (χ4n) is 1.63. The number of aromatic hydroxyl groups is 1. The number of hydrogen-bond acceptors (Lipinski definition) is 5. The molecule has 7 nitrogen and oxygen atoms in total. The third-order valence-electron chi connectivity index (χ3n) is 2.58. The van der Waals surface area contributed by atoms with Gasteiger partial charge in [-0.3, -0.25) is 14.8 Å². The average molecular weight is 329 g/mol. The molecule has 0 aliphatic carbocycles. The number of phenolic OH excluding ortho intramolecular Hbond substituents is 1. The molecule has 0 aliphatic heterocycles. The first kappa shape index (κ1) is 15.1. The van der Waals surface area contributed by atoms with E-state index in [4.69, 9.17) is 11.6 Å². The highest BCUT2D eigenvalue weighted by atomic mass is 35.5. The summed E-state index contributed by atoms with van der Waals surface area (Å²) < 4.78 is 26.5. The van der Waals surface area contributed by atoms with Crippen LogP contribution in [0.3, 0.4) is 0 Å². The van der Waals surface area contributed by atoms with Crippen molar-refractivity contribution in [2.75, 3.05) is 4.72 Å². The Morgan fingerprint density at radius 3 is 2.48 bits per heavy atom. The molecule has 0 aliphatic rings. The van der Waals surface area contributed by atoms with Crippen LogP contribution in [0.4, 0.5) is 11.4 Å². The van der Waals surface area contributed by atoms with Gasteiger partial charge >= 0.3 is 0 Å². The predicted molar refractivity (Wildman–Crippen MR) is 77.0 cm³/mol. The van der Waals surface area contributed by atoms with E-state index < -0.39 is 31.3 Å². The molecule has 0 fully saturated rings. The molecule has 110 valence electrons. The number of anilines is 1. The third kappa shape index (κ3) is 3.06. The molecule has 2 rings (SSSR count). The summed E-state index contributed by atoms with van der Waals surface area (Å²) in [5.74, 6) is -0.457. The minimum absolute atomic E-state index is 0.0437. The van der Waals surface area contributed by atoms with Crippen molar-refractivity contribution in [3.63, 3.8) is 0 Å². The summed E-state index contributed by atoms with van der Waals surface area (Å²) in [4.78, 5) is 9.58. The van der Waals surface area contributed by atoms with Crippen LogP contribution in [0, 0.1) is 10.1 Å². The van der Waals surface area contributed by atoms with Crippen LogP contribution in [0.25, 0.3) is 0 Å². The normalized spacial score (nSPS) is 11.1. The second-order valence-corrected chi connectivity index (χ2v) is 6.02. The number of hydrogen-bond donors (Lipinski definition) is 2. The molecule has 0 heterocycles. The van der Waals surface area contributed by atoms with E-state index in [1.165, 1.54) is 30.3 Å². The third-order valence-corrected chi connectivity index (χ3v) is 4.30. The molecule has 0 saturated carbocycles. The summed E-state index contributed by atoms with van der Waals surface area (Å²) in [6.07, 6.45) is 0. The first-order valence-electron chi connectivity index (χ1n) is 5.56. The standard InChI is InChI=1S/C12H9ClN2O5S/c13-8-4-3-5-9(12(8)16)14-21(19,20)11-7-2-1-6-10(11)15(17)18/h1-7,14,16H. The molecule has 0 unspecified atom stereocenters. The topological polar surface area (TPSA) is 110 Å². The highest BCUT2D eigenvalue weighted by Crippen LogP contribution is 2.33. The van der Waals surface area contributed by atoms with Crippen molar-refractivity contribution in [2.45, 2.75) is 4.90 Å². The first-order chi connectivity index (χ1) is 9.83. The largest absolute Gasteiger partial charge is 0.504 e. The Morgan fingerprint density at radius 1 is 1.14 bits per heavy atom. The van der Waals surface area contributed by atoms with Gasteiger partial charge in [0.2, 0.25) is 0 Å². The Bertz CT molecular complexity index is 807. The minimum atomic E-state index is -4.24. The number of nitro benzene ring substituents is 1. The van der Waals surface area contributed by atoms with E-state index in [1.807, 2.05) is 0 Å². The first-order valence-corrected chi connectivity index (χ1v) is 7.43. The van der Waals surface area contributed by atoms with E-state index in [0.717, 1.165) is 12.1 Å². The number of nitro groups is 1. The van der Waals surface area contributed by atoms with Gasteiger partial charge in [0.15, 0.2) is 10.6 Å². The van der Waals surface area contributed by atoms with Gasteiger partial charge in [0.05, 0.1) is 15.6 Å². The Labute approximate surface area is 125 Å². The van der Waals surface area contributed by atoms with Crippen LogP contribution in [-0.4, -0.2) is 18.4 Å². The predicted octanol–water partition coefficient (Wildman–Crippen LogP) is 2.75.